The third kappa shape index (κ3) is 2.78. The van der Waals surface area contributed by atoms with E-state index in [0.29, 0.717) is 19.4 Å². The van der Waals surface area contributed by atoms with Crippen molar-refractivity contribution in [3.8, 4) is 11.1 Å². The van der Waals surface area contributed by atoms with Gasteiger partial charge in [0.15, 0.2) is 0 Å². The number of amides is 1. The van der Waals surface area contributed by atoms with Crippen molar-refractivity contribution in [3.63, 3.8) is 0 Å². The second kappa shape index (κ2) is 7.15. The van der Waals surface area contributed by atoms with E-state index in [1.165, 1.54) is 4.90 Å². The molecule has 1 aliphatic heterocycles. The quantitative estimate of drug-likeness (QED) is 0.783. The molecule has 0 bridgehead atoms. The van der Waals surface area contributed by atoms with Crippen molar-refractivity contribution in [3.05, 3.63) is 72.3 Å². The fraction of sp³-hybridized carbons (Fsp3) is 0.304. The van der Waals surface area contributed by atoms with Crippen LogP contribution >= 0.6 is 0 Å². The molecule has 2 aliphatic rings. The number of carboxylic acids is 1. The molecule has 2 aromatic carbocycles. The van der Waals surface area contributed by atoms with Crippen molar-refractivity contribution in [2.45, 2.75) is 30.7 Å². The van der Waals surface area contributed by atoms with Gasteiger partial charge in [-0.1, -0.05) is 54.6 Å². The molecule has 1 saturated heterocycles. The molecular weight excluding hydrogens is 354 g/mol. The van der Waals surface area contributed by atoms with E-state index in [0.717, 1.165) is 22.3 Å². The molecule has 1 N–H and O–H groups in total. The van der Waals surface area contributed by atoms with Crippen molar-refractivity contribution in [1.29, 1.82) is 0 Å². The van der Waals surface area contributed by atoms with E-state index < -0.39 is 17.6 Å². The summed E-state index contributed by atoms with van der Waals surface area (Å²) >= 11 is 0. The maximum Gasteiger partial charge on any atom is 0.410 e. The lowest BCUT2D eigenvalue weighted by Gasteiger charge is -2.33. The molecule has 0 unspecified atom stereocenters. The third-order valence-electron chi connectivity index (χ3n) is 5.93. The highest BCUT2D eigenvalue weighted by Gasteiger charge is 2.50. The Bertz CT molecular complexity index is 892. The molecular formula is C23H23NO4. The lowest BCUT2D eigenvalue weighted by Crippen LogP contribution is -2.53. The first-order chi connectivity index (χ1) is 13.6. The van der Waals surface area contributed by atoms with Gasteiger partial charge in [0.1, 0.15) is 12.1 Å². The number of carbonyl (C=O) groups excluding carboxylic acids is 1. The number of fused-ring (bicyclic) bond motifs is 3. The molecule has 1 amide bonds. The largest absolute Gasteiger partial charge is 0.479 e. The number of rotatable bonds is 5. The van der Waals surface area contributed by atoms with Crippen LogP contribution in [0.5, 0.6) is 0 Å². The summed E-state index contributed by atoms with van der Waals surface area (Å²) < 4.78 is 5.66. The van der Waals surface area contributed by atoms with Crippen LogP contribution in [-0.4, -0.2) is 40.8 Å². The summed E-state index contributed by atoms with van der Waals surface area (Å²) in [6.45, 7) is 4.24. The minimum absolute atomic E-state index is 0.0439. The van der Waals surface area contributed by atoms with Crippen molar-refractivity contribution in [2.24, 2.45) is 0 Å². The molecule has 1 atom stereocenters. The van der Waals surface area contributed by atoms with Crippen molar-refractivity contribution >= 4 is 12.1 Å². The van der Waals surface area contributed by atoms with Gasteiger partial charge in [-0.25, -0.2) is 9.59 Å². The number of aliphatic carboxylic acids is 1. The predicted octanol–water partition coefficient (Wildman–Crippen LogP) is 4.43. The maximum absolute atomic E-state index is 12.8. The molecule has 1 heterocycles. The van der Waals surface area contributed by atoms with Gasteiger partial charge in [-0.3, -0.25) is 4.90 Å². The van der Waals surface area contributed by atoms with Gasteiger partial charge >= 0.3 is 12.1 Å². The summed E-state index contributed by atoms with van der Waals surface area (Å²) in [4.78, 5) is 26.1. The number of ether oxygens (including phenoxy) is 1. The fourth-order valence-electron chi connectivity index (χ4n) is 4.58. The number of carboxylic acid groups (broad SMARTS) is 1. The zero-order chi connectivity index (χ0) is 19.7. The molecule has 1 aliphatic carbocycles. The van der Waals surface area contributed by atoms with E-state index in [-0.39, 0.29) is 18.9 Å². The molecule has 4 rings (SSSR count). The molecule has 1 fully saturated rings. The highest BCUT2D eigenvalue weighted by Crippen LogP contribution is 2.44. The van der Waals surface area contributed by atoms with Crippen LogP contribution in [0.1, 0.15) is 36.3 Å². The minimum Gasteiger partial charge on any atom is -0.479 e. The predicted molar refractivity (Wildman–Crippen MR) is 106 cm³/mol. The SMILES string of the molecule is C=CC[C@]1(C(=O)O)CCCN1C(=O)OCC1c2ccccc2-c2ccccc21. The second-order valence-electron chi connectivity index (χ2n) is 7.39. The third-order valence-corrected chi connectivity index (χ3v) is 5.93. The van der Waals surface area contributed by atoms with E-state index in [2.05, 4.69) is 30.8 Å². The van der Waals surface area contributed by atoms with E-state index in [1.54, 1.807) is 6.08 Å². The lowest BCUT2D eigenvalue weighted by molar-refractivity contribution is -0.148. The van der Waals surface area contributed by atoms with Gasteiger partial charge < -0.3 is 9.84 Å². The topological polar surface area (TPSA) is 66.8 Å². The average Bonchev–Trinajstić information content (AvgIpc) is 3.27. The number of carbonyl (C=O) groups is 2. The van der Waals surface area contributed by atoms with E-state index in [4.69, 9.17) is 4.74 Å². The van der Waals surface area contributed by atoms with Crippen LogP contribution in [0.25, 0.3) is 11.1 Å². The van der Waals surface area contributed by atoms with Gasteiger partial charge in [0.2, 0.25) is 0 Å². The number of hydrogen-bond donors (Lipinski definition) is 1. The summed E-state index contributed by atoms with van der Waals surface area (Å²) in [5.41, 5.74) is 3.34. The minimum atomic E-state index is -1.25. The second-order valence-corrected chi connectivity index (χ2v) is 7.39. The Kier molecular flexibility index (Phi) is 4.67. The smallest absolute Gasteiger partial charge is 0.410 e. The number of hydrogen-bond acceptors (Lipinski definition) is 3. The van der Waals surface area contributed by atoms with Crippen LogP contribution in [0, 0.1) is 0 Å². The Morgan fingerprint density at radius 2 is 1.75 bits per heavy atom. The first-order valence-electron chi connectivity index (χ1n) is 9.55. The van der Waals surface area contributed by atoms with Gasteiger partial charge in [-0.15, -0.1) is 6.58 Å². The molecule has 2 aromatic rings. The van der Waals surface area contributed by atoms with Crippen LogP contribution in [0.3, 0.4) is 0 Å². The molecule has 0 saturated carbocycles. The Hall–Kier alpha value is -3.08. The Morgan fingerprint density at radius 3 is 2.32 bits per heavy atom. The van der Waals surface area contributed by atoms with Gasteiger partial charge in [-0.2, -0.15) is 0 Å². The molecule has 0 aromatic heterocycles. The highest BCUT2D eigenvalue weighted by atomic mass is 16.6. The molecule has 28 heavy (non-hydrogen) atoms. The van der Waals surface area contributed by atoms with Crippen LogP contribution < -0.4 is 0 Å². The molecule has 0 spiro atoms. The summed E-state index contributed by atoms with van der Waals surface area (Å²) in [7, 11) is 0. The van der Waals surface area contributed by atoms with E-state index in [9.17, 15) is 14.7 Å². The standard InChI is InChI=1S/C23H23NO4/c1-2-12-23(21(25)26)13-7-14-24(23)22(27)28-15-20-18-10-5-3-8-16(18)17-9-4-6-11-19(17)20/h2-6,8-11,20H,1,7,12-15H2,(H,25,26)/t23-/m1/s1. The van der Waals surface area contributed by atoms with Gasteiger partial charge in [-0.05, 0) is 41.5 Å². The van der Waals surface area contributed by atoms with Crippen molar-refractivity contribution in [2.75, 3.05) is 13.2 Å². The van der Waals surface area contributed by atoms with Crippen molar-refractivity contribution < 1.29 is 19.4 Å². The zero-order valence-electron chi connectivity index (χ0n) is 15.6. The maximum atomic E-state index is 12.8. The number of likely N-dealkylation sites (tertiary alicyclic amines) is 1. The van der Waals surface area contributed by atoms with E-state index in [1.807, 2.05) is 24.3 Å². The fourth-order valence-corrected chi connectivity index (χ4v) is 4.58. The monoisotopic (exact) mass is 377 g/mol. The van der Waals surface area contributed by atoms with Gasteiger partial charge in [0, 0.05) is 12.5 Å². The summed E-state index contributed by atoms with van der Waals surface area (Å²) in [6, 6.07) is 16.3. The number of benzene rings is 2. The zero-order valence-corrected chi connectivity index (χ0v) is 15.6. The van der Waals surface area contributed by atoms with Crippen molar-refractivity contribution in [1.82, 2.24) is 4.90 Å². The first kappa shape index (κ1) is 18.3. The molecule has 5 nitrogen and oxygen atoms in total. The molecule has 0 radical (unpaired) electrons. The average molecular weight is 377 g/mol. The van der Waals surface area contributed by atoms with Crippen LogP contribution in [0.15, 0.2) is 61.2 Å². The molecule has 144 valence electrons. The Balaban J connectivity index is 1.56. The summed E-state index contributed by atoms with van der Waals surface area (Å²) in [5.74, 6) is -1.05. The summed E-state index contributed by atoms with van der Waals surface area (Å²) in [5, 5.41) is 9.76. The Morgan fingerprint density at radius 1 is 1.14 bits per heavy atom. The van der Waals surface area contributed by atoms with Crippen LogP contribution in [0.4, 0.5) is 4.79 Å². The normalized spacial score (nSPS) is 20.5. The van der Waals surface area contributed by atoms with Crippen LogP contribution in [-0.2, 0) is 9.53 Å². The van der Waals surface area contributed by atoms with E-state index >= 15 is 0 Å². The highest BCUT2D eigenvalue weighted by molar-refractivity contribution is 5.85. The summed E-state index contributed by atoms with van der Waals surface area (Å²) in [6.07, 6.45) is 2.27. The van der Waals surface area contributed by atoms with Crippen LogP contribution in [0.2, 0.25) is 0 Å². The number of nitrogens with zero attached hydrogens (tertiary/aromatic N) is 1. The lowest BCUT2D eigenvalue weighted by atomic mass is 9.92. The molecule has 5 heteroatoms. The van der Waals surface area contributed by atoms with Gasteiger partial charge in [0.25, 0.3) is 0 Å². The first-order valence-corrected chi connectivity index (χ1v) is 9.55. The Labute approximate surface area is 164 Å². The van der Waals surface area contributed by atoms with Gasteiger partial charge in [0.05, 0.1) is 0 Å².